The van der Waals surface area contributed by atoms with E-state index in [1.165, 1.54) is 27.9 Å². The first-order valence-corrected chi connectivity index (χ1v) is 14.0. The van der Waals surface area contributed by atoms with Gasteiger partial charge in [-0.15, -0.1) is 5.10 Å². The number of benzene rings is 1. The zero-order valence-electron chi connectivity index (χ0n) is 21.9. The highest BCUT2D eigenvalue weighted by molar-refractivity contribution is 7.89. The summed E-state index contributed by atoms with van der Waals surface area (Å²) in [5, 5.41) is 4.64. The molecule has 0 bridgehead atoms. The number of carbonyl (C=O) groups excluding carboxylic acids is 1. The predicted octanol–water partition coefficient (Wildman–Crippen LogP) is 2.03. The topological polar surface area (TPSA) is 130 Å². The van der Waals surface area contributed by atoms with E-state index in [1.54, 1.807) is 13.0 Å². The number of aromatic amines is 1. The Kier molecular flexibility index (Phi) is 7.81. The van der Waals surface area contributed by atoms with E-state index >= 15 is 0 Å². The Hall–Kier alpha value is -3.09. The van der Waals surface area contributed by atoms with E-state index in [2.05, 4.69) is 15.1 Å². The quantitative estimate of drug-likeness (QED) is 0.468. The summed E-state index contributed by atoms with van der Waals surface area (Å²) >= 11 is 0. The van der Waals surface area contributed by atoms with Crippen LogP contribution < -0.4 is 10.3 Å². The maximum Gasteiger partial charge on any atom is 0.277 e. The normalized spacial score (nSPS) is 17.7. The Morgan fingerprint density at radius 2 is 2.00 bits per heavy atom. The monoisotopic (exact) mass is 530 g/mol. The Morgan fingerprint density at radius 3 is 2.68 bits per heavy atom. The van der Waals surface area contributed by atoms with E-state index in [0.29, 0.717) is 60.9 Å². The third-order valence-electron chi connectivity index (χ3n) is 6.66. The lowest BCUT2D eigenvalue weighted by Gasteiger charge is -2.26. The van der Waals surface area contributed by atoms with Crippen molar-refractivity contribution in [2.75, 3.05) is 33.3 Å². The number of sulfonamides is 1. The zero-order valence-corrected chi connectivity index (χ0v) is 22.8. The number of nitrogens with zero attached hydrogens (tertiary/aromatic N) is 5. The molecule has 4 rings (SSSR count). The smallest absolute Gasteiger partial charge is 0.277 e. The SMILES string of the molecule is CCCc1nc(C)c2c(=O)[nH]c(-c3cc(S(=O)(=O)N4CCCN(C)C(C(C)=O)C4)ccc3OCC)nn12. The molecule has 3 heterocycles. The lowest BCUT2D eigenvalue weighted by molar-refractivity contribution is -0.121. The summed E-state index contributed by atoms with van der Waals surface area (Å²) in [6, 6.07) is 4.03. The lowest BCUT2D eigenvalue weighted by Crippen LogP contribution is -2.45. The minimum atomic E-state index is -3.94. The maximum atomic E-state index is 13.7. The summed E-state index contributed by atoms with van der Waals surface area (Å²) in [6.45, 7) is 8.42. The average molecular weight is 531 g/mol. The standard InChI is InChI=1S/C25H34N6O5S/c1-6-9-22-26-16(3)23-25(33)27-24(28-31(22)23)19-14-18(10-11-21(19)36-7-2)37(34,35)30-13-8-12-29(5)20(15-30)17(4)32/h10-11,14,20H,6-9,12-13,15H2,1-5H3,(H,27,28,33). The number of ether oxygens (including phenoxy) is 1. The third kappa shape index (κ3) is 5.18. The molecule has 0 spiro atoms. The highest BCUT2D eigenvalue weighted by Crippen LogP contribution is 2.32. The number of nitrogens with one attached hydrogen (secondary N) is 1. The van der Waals surface area contributed by atoms with Gasteiger partial charge in [0, 0.05) is 19.5 Å². The largest absolute Gasteiger partial charge is 0.493 e. The van der Waals surface area contributed by atoms with Gasteiger partial charge in [-0.1, -0.05) is 6.92 Å². The second kappa shape index (κ2) is 10.7. The van der Waals surface area contributed by atoms with Crippen molar-refractivity contribution in [2.45, 2.75) is 57.9 Å². The Labute approximate surface area is 216 Å². The number of hydrogen-bond donors (Lipinski definition) is 1. The van der Waals surface area contributed by atoms with Gasteiger partial charge in [0.15, 0.2) is 11.3 Å². The number of fused-ring (bicyclic) bond motifs is 1. The summed E-state index contributed by atoms with van der Waals surface area (Å²) < 4.78 is 36.1. The highest BCUT2D eigenvalue weighted by atomic mass is 32.2. The van der Waals surface area contributed by atoms with Gasteiger partial charge in [0.1, 0.15) is 17.4 Å². The summed E-state index contributed by atoms with van der Waals surface area (Å²) in [4.78, 5) is 34.5. The minimum absolute atomic E-state index is 0.0381. The summed E-state index contributed by atoms with van der Waals surface area (Å²) in [7, 11) is -2.11. The van der Waals surface area contributed by atoms with Gasteiger partial charge >= 0.3 is 0 Å². The fourth-order valence-electron chi connectivity index (χ4n) is 4.76. The van der Waals surface area contributed by atoms with Crippen molar-refractivity contribution < 1.29 is 17.9 Å². The van der Waals surface area contributed by atoms with E-state index in [0.717, 1.165) is 6.42 Å². The Morgan fingerprint density at radius 1 is 1.24 bits per heavy atom. The van der Waals surface area contributed by atoms with Crippen LogP contribution in [0.15, 0.2) is 27.9 Å². The molecular weight excluding hydrogens is 496 g/mol. The van der Waals surface area contributed by atoms with Gasteiger partial charge in [-0.2, -0.15) is 4.31 Å². The second-order valence-electron chi connectivity index (χ2n) is 9.34. The molecule has 0 saturated carbocycles. The van der Waals surface area contributed by atoms with Crippen LogP contribution in [-0.2, 0) is 21.2 Å². The molecule has 200 valence electrons. The van der Waals surface area contributed by atoms with Gasteiger partial charge in [-0.05, 0) is 65.4 Å². The lowest BCUT2D eigenvalue weighted by atomic mass is 10.2. The first-order valence-electron chi connectivity index (χ1n) is 12.5. The molecule has 1 aliphatic rings. The number of hydrogen-bond acceptors (Lipinski definition) is 8. The van der Waals surface area contributed by atoms with Crippen LogP contribution in [0.4, 0.5) is 0 Å². The van der Waals surface area contributed by atoms with Crippen molar-refractivity contribution in [1.29, 1.82) is 0 Å². The molecule has 1 N–H and O–H groups in total. The van der Waals surface area contributed by atoms with Gasteiger partial charge in [0.2, 0.25) is 10.0 Å². The molecule has 0 amide bonds. The molecule has 12 heteroatoms. The number of aromatic nitrogens is 4. The second-order valence-corrected chi connectivity index (χ2v) is 11.3. The van der Waals surface area contributed by atoms with Crippen molar-refractivity contribution in [3.63, 3.8) is 0 Å². The van der Waals surface area contributed by atoms with E-state index in [1.807, 2.05) is 25.8 Å². The minimum Gasteiger partial charge on any atom is -0.493 e. The third-order valence-corrected chi connectivity index (χ3v) is 8.52. The van der Waals surface area contributed by atoms with Gasteiger partial charge < -0.3 is 9.72 Å². The van der Waals surface area contributed by atoms with Crippen molar-refractivity contribution in [3.8, 4) is 17.1 Å². The van der Waals surface area contributed by atoms with Crippen LogP contribution in [0.3, 0.4) is 0 Å². The van der Waals surface area contributed by atoms with Crippen LogP contribution >= 0.6 is 0 Å². The molecule has 0 radical (unpaired) electrons. The predicted molar refractivity (Wildman–Crippen MR) is 139 cm³/mol. The van der Waals surface area contributed by atoms with Gasteiger partial charge in [-0.25, -0.2) is 17.9 Å². The van der Waals surface area contributed by atoms with Crippen LogP contribution in [0.1, 0.15) is 45.1 Å². The Bertz CT molecular complexity index is 1480. The number of imidazole rings is 1. The molecule has 1 saturated heterocycles. The molecule has 11 nitrogen and oxygen atoms in total. The molecule has 1 unspecified atom stereocenters. The molecule has 3 aromatic rings. The number of likely N-dealkylation sites (N-methyl/N-ethyl adjacent to an activating group) is 1. The van der Waals surface area contributed by atoms with Crippen molar-refractivity contribution >= 4 is 21.3 Å². The summed E-state index contributed by atoms with van der Waals surface area (Å²) in [5.41, 5.74) is 0.924. The summed E-state index contributed by atoms with van der Waals surface area (Å²) in [5.74, 6) is 1.17. The van der Waals surface area contributed by atoms with Crippen molar-refractivity contribution in [2.24, 2.45) is 0 Å². The number of aryl methyl sites for hydroxylation is 2. The fraction of sp³-hybridized carbons (Fsp3) is 0.520. The highest BCUT2D eigenvalue weighted by Gasteiger charge is 2.33. The van der Waals surface area contributed by atoms with Crippen LogP contribution in [0.5, 0.6) is 5.75 Å². The van der Waals surface area contributed by atoms with E-state index in [-0.39, 0.29) is 28.6 Å². The van der Waals surface area contributed by atoms with Crippen molar-refractivity contribution in [3.05, 3.63) is 40.1 Å². The molecule has 1 atom stereocenters. The van der Waals surface area contributed by atoms with E-state index in [4.69, 9.17) is 4.74 Å². The number of rotatable bonds is 8. The number of carbonyl (C=O) groups is 1. The van der Waals surface area contributed by atoms with Crippen LogP contribution in [0.25, 0.3) is 16.9 Å². The molecule has 0 aliphatic carbocycles. The number of ketones is 1. The summed E-state index contributed by atoms with van der Waals surface area (Å²) in [6.07, 6.45) is 2.07. The first-order chi connectivity index (χ1) is 17.6. The number of Topliss-reactive ketones (excluding diaryl/α,β-unsaturated/α-hetero) is 1. The van der Waals surface area contributed by atoms with Gasteiger partial charge in [0.25, 0.3) is 5.56 Å². The molecular formula is C25H34N6O5S. The Balaban J connectivity index is 1.84. The first kappa shape index (κ1) is 27.0. The molecule has 2 aromatic heterocycles. The molecule has 1 aromatic carbocycles. The number of H-pyrrole nitrogens is 1. The van der Waals surface area contributed by atoms with E-state index < -0.39 is 16.1 Å². The maximum absolute atomic E-state index is 13.7. The van der Waals surface area contributed by atoms with Gasteiger partial charge in [0.05, 0.1) is 28.8 Å². The van der Waals surface area contributed by atoms with Gasteiger partial charge in [-0.3, -0.25) is 14.5 Å². The van der Waals surface area contributed by atoms with Crippen LogP contribution in [0.2, 0.25) is 0 Å². The van der Waals surface area contributed by atoms with Crippen molar-refractivity contribution in [1.82, 2.24) is 28.8 Å². The molecule has 1 fully saturated rings. The zero-order chi connectivity index (χ0) is 26.9. The average Bonchev–Trinajstić information content (AvgIpc) is 3.02. The molecule has 37 heavy (non-hydrogen) atoms. The van der Waals surface area contributed by atoms with Crippen LogP contribution in [0, 0.1) is 6.92 Å². The molecule has 1 aliphatic heterocycles. The van der Waals surface area contributed by atoms with Crippen LogP contribution in [-0.4, -0.2) is 82.3 Å². The fourth-order valence-corrected chi connectivity index (χ4v) is 6.27. The van der Waals surface area contributed by atoms with E-state index in [9.17, 15) is 18.0 Å².